The van der Waals surface area contributed by atoms with Crippen LogP contribution < -0.4 is 11.5 Å². The number of hydrogen-bond acceptors (Lipinski definition) is 6. The summed E-state index contributed by atoms with van der Waals surface area (Å²) in [7, 11) is 0. The van der Waals surface area contributed by atoms with Gasteiger partial charge in [-0.15, -0.1) is 0 Å². The van der Waals surface area contributed by atoms with Crippen LogP contribution in [0.3, 0.4) is 0 Å². The van der Waals surface area contributed by atoms with Gasteiger partial charge in [-0.1, -0.05) is 36.4 Å². The minimum absolute atomic E-state index is 0.248. The second kappa shape index (κ2) is 8.66. The third-order valence-corrected chi connectivity index (χ3v) is 5.03. The summed E-state index contributed by atoms with van der Waals surface area (Å²) < 4.78 is 0. The zero-order valence-corrected chi connectivity index (χ0v) is 16.0. The Balaban J connectivity index is 0.000000171. The summed E-state index contributed by atoms with van der Waals surface area (Å²) in [6, 6.07) is 15.8. The van der Waals surface area contributed by atoms with Crippen molar-refractivity contribution >= 4 is 28.1 Å². The van der Waals surface area contributed by atoms with Gasteiger partial charge in [0, 0.05) is 18.2 Å². The Kier molecular flexibility index (Phi) is 6.03. The number of aryl methyl sites for hydroxylation is 1. The molecule has 9 nitrogen and oxygen atoms in total. The fourth-order valence-corrected chi connectivity index (χ4v) is 3.58. The number of carbonyl (C=O) groups is 1. The normalized spacial score (nSPS) is 14.9. The standard InChI is InChI=1S/C14H15N.C7H5N3O5/c15-14-7-3-6-12-11-5-2-1-4-10(11)8-9-13(12)14;8-7(11)4-1-5(9(12)13)3-6(2-4)10(14)15/h1-2,4-5,8-9,14H,3,6-7,15H2;1-3H,(H2,8,11). The smallest absolute Gasteiger partial charge is 0.277 e. The number of hydrogen-bond donors (Lipinski definition) is 2. The first-order valence-corrected chi connectivity index (χ1v) is 9.27. The predicted octanol–water partition coefficient (Wildman–Crippen LogP) is 3.78. The molecule has 30 heavy (non-hydrogen) atoms. The SMILES string of the molecule is NC(=O)c1cc([N+](=O)[O-])cc([N+](=O)[O-])c1.NC1CCCc2c1ccc1ccccc21. The molecule has 0 radical (unpaired) electrons. The third-order valence-electron chi connectivity index (χ3n) is 5.03. The maximum atomic E-state index is 10.7. The highest BCUT2D eigenvalue weighted by Crippen LogP contribution is 2.33. The van der Waals surface area contributed by atoms with E-state index in [0.29, 0.717) is 0 Å². The van der Waals surface area contributed by atoms with Gasteiger partial charge in [-0.05, 0) is 41.2 Å². The van der Waals surface area contributed by atoms with Crippen molar-refractivity contribution in [3.8, 4) is 0 Å². The molecule has 3 aromatic carbocycles. The number of amides is 1. The summed E-state index contributed by atoms with van der Waals surface area (Å²) in [6.07, 6.45) is 3.54. The van der Waals surface area contributed by atoms with Crippen molar-refractivity contribution in [2.24, 2.45) is 11.5 Å². The molecule has 9 heteroatoms. The van der Waals surface area contributed by atoms with Gasteiger partial charge in [-0.25, -0.2) is 0 Å². The van der Waals surface area contributed by atoms with Crippen LogP contribution in [0.25, 0.3) is 10.8 Å². The van der Waals surface area contributed by atoms with Crippen LogP contribution in [-0.2, 0) is 6.42 Å². The van der Waals surface area contributed by atoms with E-state index in [1.807, 2.05) is 0 Å². The summed E-state index contributed by atoms with van der Waals surface area (Å²) in [4.78, 5) is 29.8. The van der Waals surface area contributed by atoms with Gasteiger partial charge in [0.2, 0.25) is 5.91 Å². The Morgan fingerprint density at radius 1 is 0.967 bits per heavy atom. The Labute approximate surface area is 171 Å². The lowest BCUT2D eigenvalue weighted by atomic mass is 9.85. The second-order valence-corrected chi connectivity index (χ2v) is 6.97. The fraction of sp³-hybridized carbons (Fsp3) is 0.190. The van der Waals surface area contributed by atoms with Gasteiger partial charge in [-0.2, -0.15) is 0 Å². The van der Waals surface area contributed by atoms with E-state index >= 15 is 0 Å². The van der Waals surface area contributed by atoms with Gasteiger partial charge >= 0.3 is 0 Å². The number of nitro benzene ring substituents is 2. The van der Waals surface area contributed by atoms with Crippen molar-refractivity contribution in [1.29, 1.82) is 0 Å². The molecule has 0 aromatic heterocycles. The summed E-state index contributed by atoms with van der Waals surface area (Å²) >= 11 is 0. The minimum atomic E-state index is -0.957. The summed E-state index contributed by atoms with van der Waals surface area (Å²) in [5, 5.41) is 23.5. The molecule has 4 rings (SSSR count). The fourth-order valence-electron chi connectivity index (χ4n) is 3.58. The molecular weight excluding hydrogens is 388 g/mol. The number of nitro groups is 2. The van der Waals surface area contributed by atoms with Crippen molar-refractivity contribution in [1.82, 2.24) is 0 Å². The first-order valence-electron chi connectivity index (χ1n) is 9.27. The van der Waals surface area contributed by atoms with Gasteiger partial charge in [-0.3, -0.25) is 25.0 Å². The maximum Gasteiger partial charge on any atom is 0.277 e. The van der Waals surface area contributed by atoms with E-state index < -0.39 is 27.1 Å². The van der Waals surface area contributed by atoms with Crippen LogP contribution in [0, 0.1) is 20.2 Å². The molecule has 1 amide bonds. The zero-order chi connectivity index (χ0) is 21.8. The maximum absolute atomic E-state index is 10.7. The van der Waals surface area contributed by atoms with Gasteiger partial charge in [0.25, 0.3) is 11.4 Å². The molecule has 0 fully saturated rings. The van der Waals surface area contributed by atoms with Crippen molar-refractivity contribution in [3.05, 3.63) is 91.5 Å². The molecule has 0 heterocycles. The number of fused-ring (bicyclic) bond motifs is 3. The lowest BCUT2D eigenvalue weighted by Gasteiger charge is -2.23. The van der Waals surface area contributed by atoms with E-state index in [9.17, 15) is 25.0 Å². The van der Waals surface area contributed by atoms with Crippen molar-refractivity contribution < 1.29 is 14.6 Å². The molecule has 4 N–H and O–H groups in total. The first kappa shape index (κ1) is 20.9. The second-order valence-electron chi connectivity index (χ2n) is 6.97. The van der Waals surface area contributed by atoms with E-state index in [-0.39, 0.29) is 11.6 Å². The van der Waals surface area contributed by atoms with Gasteiger partial charge in [0.05, 0.1) is 21.5 Å². The molecule has 1 unspecified atom stereocenters. The van der Waals surface area contributed by atoms with E-state index in [2.05, 4.69) is 36.4 Å². The molecule has 0 saturated heterocycles. The van der Waals surface area contributed by atoms with Crippen molar-refractivity contribution in [2.75, 3.05) is 0 Å². The quantitative estimate of drug-likeness (QED) is 0.496. The van der Waals surface area contributed by atoms with Crippen molar-refractivity contribution in [3.63, 3.8) is 0 Å². The first-order chi connectivity index (χ1) is 14.3. The summed E-state index contributed by atoms with van der Waals surface area (Å²) in [6.45, 7) is 0. The number of primary amides is 1. The number of rotatable bonds is 3. The lowest BCUT2D eigenvalue weighted by molar-refractivity contribution is -0.394. The average Bonchev–Trinajstić information content (AvgIpc) is 2.74. The summed E-state index contributed by atoms with van der Waals surface area (Å²) in [5.74, 6) is -0.957. The van der Waals surface area contributed by atoms with E-state index in [0.717, 1.165) is 24.6 Å². The molecule has 0 saturated carbocycles. The highest BCUT2D eigenvalue weighted by molar-refractivity contribution is 5.94. The Morgan fingerprint density at radius 3 is 2.20 bits per heavy atom. The molecule has 0 bridgehead atoms. The average molecular weight is 408 g/mol. The highest BCUT2D eigenvalue weighted by Gasteiger charge is 2.19. The molecule has 1 atom stereocenters. The zero-order valence-electron chi connectivity index (χ0n) is 16.0. The van der Waals surface area contributed by atoms with Crippen LogP contribution in [0.2, 0.25) is 0 Å². The Morgan fingerprint density at radius 2 is 1.60 bits per heavy atom. The van der Waals surface area contributed by atoms with Crippen LogP contribution in [0.1, 0.15) is 40.4 Å². The Hall–Kier alpha value is -3.85. The molecule has 0 spiro atoms. The molecule has 3 aromatic rings. The largest absolute Gasteiger partial charge is 0.366 e. The highest BCUT2D eigenvalue weighted by atomic mass is 16.6. The lowest BCUT2D eigenvalue weighted by Crippen LogP contribution is -2.17. The number of benzene rings is 3. The predicted molar refractivity (Wildman–Crippen MR) is 112 cm³/mol. The van der Waals surface area contributed by atoms with Gasteiger partial charge in [0.15, 0.2) is 0 Å². The minimum Gasteiger partial charge on any atom is -0.366 e. The van der Waals surface area contributed by atoms with Crippen LogP contribution in [0.5, 0.6) is 0 Å². The van der Waals surface area contributed by atoms with E-state index in [1.165, 1.54) is 34.7 Å². The van der Waals surface area contributed by atoms with Crippen LogP contribution in [0.4, 0.5) is 11.4 Å². The Bertz CT molecular complexity index is 1070. The third kappa shape index (κ3) is 4.41. The van der Waals surface area contributed by atoms with E-state index in [4.69, 9.17) is 11.5 Å². The molecule has 0 aliphatic heterocycles. The molecule has 154 valence electrons. The van der Waals surface area contributed by atoms with Crippen LogP contribution >= 0.6 is 0 Å². The monoisotopic (exact) mass is 408 g/mol. The van der Waals surface area contributed by atoms with Crippen LogP contribution in [0.15, 0.2) is 54.6 Å². The molecule has 1 aliphatic rings. The summed E-state index contributed by atoms with van der Waals surface area (Å²) in [5.41, 5.74) is 12.5. The molecular formula is C21H20N4O5. The molecule has 1 aliphatic carbocycles. The van der Waals surface area contributed by atoms with E-state index in [1.54, 1.807) is 0 Å². The number of nitrogens with zero attached hydrogens (tertiary/aromatic N) is 2. The number of nitrogens with two attached hydrogens (primary N) is 2. The number of carbonyl (C=O) groups excluding carboxylic acids is 1. The van der Waals surface area contributed by atoms with Gasteiger partial charge in [0.1, 0.15) is 0 Å². The van der Waals surface area contributed by atoms with Crippen LogP contribution in [-0.4, -0.2) is 15.8 Å². The van der Waals surface area contributed by atoms with Gasteiger partial charge < -0.3 is 11.5 Å². The number of non-ortho nitro benzene ring substituents is 2. The topological polar surface area (TPSA) is 155 Å². The van der Waals surface area contributed by atoms with Crippen molar-refractivity contribution in [2.45, 2.75) is 25.3 Å².